The predicted octanol–water partition coefficient (Wildman–Crippen LogP) is -1.44. The second-order valence-corrected chi connectivity index (χ2v) is 5.93. The lowest BCUT2D eigenvalue weighted by molar-refractivity contribution is -0.140. The highest BCUT2D eigenvalue weighted by Gasteiger charge is 2.20. The van der Waals surface area contributed by atoms with Crippen molar-refractivity contribution in [1.29, 1.82) is 0 Å². The van der Waals surface area contributed by atoms with E-state index in [9.17, 15) is 14.4 Å². The molecule has 0 unspecified atom stereocenters. The number of benzene rings is 1. The molecule has 2 rings (SSSR count). The first-order chi connectivity index (χ1) is 13.1. The van der Waals surface area contributed by atoms with Gasteiger partial charge in [-0.15, -0.1) is 0 Å². The molecule has 11 nitrogen and oxygen atoms in total. The largest absolute Gasteiger partial charge is 0.508 e. The molecule has 0 spiro atoms. The summed E-state index contributed by atoms with van der Waals surface area (Å²) in [5, 5.41) is 44.6. The topological polar surface area (TPSA) is 216 Å². The van der Waals surface area contributed by atoms with Crippen LogP contribution < -0.4 is 16.8 Å². The Hall–Kier alpha value is -2.73. The van der Waals surface area contributed by atoms with E-state index in [2.05, 4.69) is 5.32 Å². The minimum Gasteiger partial charge on any atom is -0.508 e. The molecule has 1 aliphatic rings. The second-order valence-electron chi connectivity index (χ2n) is 5.93. The van der Waals surface area contributed by atoms with E-state index in [1.54, 1.807) is 12.1 Å². The number of nitrogens with one attached hydrogen (secondary N) is 1. The molecule has 3 atom stereocenters. The van der Waals surface area contributed by atoms with Gasteiger partial charge >= 0.3 is 17.9 Å². The number of phenols is 1. The van der Waals surface area contributed by atoms with Crippen molar-refractivity contribution in [3.05, 3.63) is 29.8 Å². The Kier molecular flexibility index (Phi) is 12.1. The molecule has 1 aliphatic heterocycles. The van der Waals surface area contributed by atoms with Gasteiger partial charge in [-0.2, -0.15) is 0 Å². The van der Waals surface area contributed by atoms with Gasteiger partial charge in [-0.05, 0) is 43.5 Å². The third-order valence-corrected chi connectivity index (χ3v) is 3.58. The lowest BCUT2D eigenvalue weighted by Crippen LogP contribution is -2.33. The molecule has 10 N–H and O–H groups in total. The summed E-state index contributed by atoms with van der Waals surface area (Å²) in [5.41, 5.74) is 10.9. The van der Waals surface area contributed by atoms with E-state index in [0.29, 0.717) is 0 Å². The molecule has 0 radical (unpaired) electrons. The number of rotatable bonds is 6. The van der Waals surface area contributed by atoms with Crippen molar-refractivity contribution in [2.75, 3.05) is 13.2 Å². The number of aromatic hydroxyl groups is 1. The van der Waals surface area contributed by atoms with Gasteiger partial charge in [0.25, 0.3) is 0 Å². The fourth-order valence-electron chi connectivity index (χ4n) is 1.95. The van der Waals surface area contributed by atoms with Crippen LogP contribution in [0.4, 0.5) is 0 Å². The van der Waals surface area contributed by atoms with Gasteiger partial charge in [0.15, 0.2) is 0 Å². The molecule has 0 aliphatic carbocycles. The van der Waals surface area contributed by atoms with Crippen LogP contribution in [0.1, 0.15) is 18.4 Å². The summed E-state index contributed by atoms with van der Waals surface area (Å²) in [6.45, 7) is 0.353. The predicted molar refractivity (Wildman–Crippen MR) is 98.8 cm³/mol. The Balaban J connectivity index is 0.000000419. The lowest BCUT2D eigenvalue weighted by atomic mass is 10.1. The summed E-state index contributed by atoms with van der Waals surface area (Å²) in [6, 6.07) is 4.03. The zero-order valence-electron chi connectivity index (χ0n) is 15.2. The van der Waals surface area contributed by atoms with E-state index in [1.807, 2.05) is 0 Å². The maximum atomic E-state index is 10.4. The Bertz CT molecular complexity index is 617. The number of carboxylic acids is 3. The SMILES string of the molecule is N[C@@H](CO)C(=O)O.N[C@@H](Cc1ccc(O)cc1)C(=O)O.O=C(O)[C@@H]1CCCN1. The third-order valence-electron chi connectivity index (χ3n) is 3.58. The highest BCUT2D eigenvalue weighted by molar-refractivity contribution is 5.74. The van der Waals surface area contributed by atoms with Crippen LogP contribution >= 0.6 is 0 Å². The van der Waals surface area contributed by atoms with Crippen LogP contribution in [0.3, 0.4) is 0 Å². The van der Waals surface area contributed by atoms with Crippen LogP contribution in [0.15, 0.2) is 24.3 Å². The smallest absolute Gasteiger partial charge is 0.322 e. The van der Waals surface area contributed by atoms with E-state index in [-0.39, 0.29) is 18.2 Å². The quantitative estimate of drug-likeness (QED) is 0.276. The molecule has 1 fully saturated rings. The van der Waals surface area contributed by atoms with Crippen molar-refractivity contribution in [1.82, 2.24) is 5.32 Å². The first-order valence-electron chi connectivity index (χ1n) is 8.40. The molecule has 158 valence electrons. The van der Waals surface area contributed by atoms with Crippen LogP contribution in [0.2, 0.25) is 0 Å². The summed E-state index contributed by atoms with van der Waals surface area (Å²) < 4.78 is 0. The Labute approximate surface area is 161 Å². The number of aliphatic carboxylic acids is 3. The zero-order chi connectivity index (χ0) is 21.7. The number of hydrogen-bond donors (Lipinski definition) is 8. The zero-order valence-corrected chi connectivity index (χ0v) is 15.2. The fraction of sp³-hybridized carbons (Fsp3) is 0.471. The Morgan fingerprint density at radius 1 is 1.04 bits per heavy atom. The minimum absolute atomic E-state index is 0.160. The molecular weight excluding hydrogens is 374 g/mol. The first-order valence-corrected chi connectivity index (χ1v) is 8.40. The molecule has 1 aromatic carbocycles. The number of carboxylic acid groups (broad SMARTS) is 3. The number of carbonyl (C=O) groups is 3. The number of aliphatic hydroxyl groups excluding tert-OH is 1. The van der Waals surface area contributed by atoms with Crippen LogP contribution in [0.25, 0.3) is 0 Å². The molecule has 0 amide bonds. The van der Waals surface area contributed by atoms with E-state index in [4.69, 9.17) is 37.0 Å². The van der Waals surface area contributed by atoms with E-state index < -0.39 is 36.6 Å². The van der Waals surface area contributed by atoms with Gasteiger partial charge < -0.3 is 42.3 Å². The first kappa shape index (κ1) is 25.3. The Morgan fingerprint density at radius 3 is 1.86 bits per heavy atom. The second kappa shape index (κ2) is 13.4. The maximum absolute atomic E-state index is 10.4. The fourth-order valence-corrected chi connectivity index (χ4v) is 1.95. The normalized spacial score (nSPS) is 17.2. The molecule has 0 saturated carbocycles. The Morgan fingerprint density at radius 2 is 1.57 bits per heavy atom. The van der Waals surface area contributed by atoms with Crippen molar-refractivity contribution in [2.45, 2.75) is 37.4 Å². The van der Waals surface area contributed by atoms with Gasteiger partial charge in [0.1, 0.15) is 23.9 Å². The van der Waals surface area contributed by atoms with Crippen molar-refractivity contribution in [2.24, 2.45) is 11.5 Å². The third kappa shape index (κ3) is 11.1. The van der Waals surface area contributed by atoms with Crippen molar-refractivity contribution >= 4 is 17.9 Å². The molecule has 1 aromatic rings. The molecular formula is C17H27N3O8. The van der Waals surface area contributed by atoms with Gasteiger partial charge in [-0.3, -0.25) is 14.4 Å². The maximum Gasteiger partial charge on any atom is 0.322 e. The van der Waals surface area contributed by atoms with Crippen molar-refractivity contribution < 1.29 is 39.9 Å². The van der Waals surface area contributed by atoms with Gasteiger partial charge in [0.2, 0.25) is 0 Å². The van der Waals surface area contributed by atoms with Crippen LogP contribution in [0.5, 0.6) is 5.75 Å². The number of aliphatic hydroxyl groups is 1. The highest BCUT2D eigenvalue weighted by atomic mass is 16.4. The van der Waals surface area contributed by atoms with Crippen molar-refractivity contribution in [3.63, 3.8) is 0 Å². The molecule has 0 bridgehead atoms. The van der Waals surface area contributed by atoms with Gasteiger partial charge in [-0.1, -0.05) is 12.1 Å². The van der Waals surface area contributed by atoms with Gasteiger partial charge in [-0.25, -0.2) is 0 Å². The highest BCUT2D eigenvalue weighted by Crippen LogP contribution is 2.10. The summed E-state index contributed by atoms with van der Waals surface area (Å²) in [4.78, 5) is 30.2. The summed E-state index contributed by atoms with van der Waals surface area (Å²) in [7, 11) is 0. The van der Waals surface area contributed by atoms with Crippen LogP contribution in [-0.4, -0.2) is 74.7 Å². The van der Waals surface area contributed by atoms with E-state index >= 15 is 0 Å². The van der Waals surface area contributed by atoms with Crippen LogP contribution in [0, 0.1) is 0 Å². The van der Waals surface area contributed by atoms with Crippen molar-refractivity contribution in [3.8, 4) is 5.75 Å². The number of phenolic OH excluding ortho intramolecular Hbond substituents is 1. The number of nitrogens with two attached hydrogens (primary N) is 2. The molecule has 1 heterocycles. The molecule has 11 heteroatoms. The van der Waals surface area contributed by atoms with Gasteiger partial charge in [0, 0.05) is 0 Å². The minimum atomic E-state index is -1.18. The monoisotopic (exact) mass is 401 g/mol. The summed E-state index contributed by atoms with van der Waals surface area (Å²) in [5.74, 6) is -2.76. The molecule has 1 saturated heterocycles. The van der Waals surface area contributed by atoms with E-state index in [1.165, 1.54) is 12.1 Å². The average Bonchev–Trinajstić information content (AvgIpc) is 3.19. The van der Waals surface area contributed by atoms with E-state index in [0.717, 1.165) is 24.9 Å². The summed E-state index contributed by atoms with van der Waals surface area (Å²) >= 11 is 0. The lowest BCUT2D eigenvalue weighted by Gasteiger charge is -2.05. The van der Waals surface area contributed by atoms with Gasteiger partial charge in [0.05, 0.1) is 6.61 Å². The number of hydrogen-bond acceptors (Lipinski definition) is 8. The van der Waals surface area contributed by atoms with Crippen LogP contribution in [-0.2, 0) is 20.8 Å². The standard InChI is InChI=1S/C9H11NO3.C5H9NO2.C3H7NO3/c10-8(9(12)13)5-6-1-3-7(11)4-2-6;7-5(8)4-2-1-3-6-4;4-2(1-5)3(6)7/h1-4,8,11H,5,10H2,(H,12,13);4,6H,1-3H2,(H,7,8);2,5H,1,4H2,(H,6,7)/t8-;4-;2-/m000/s1. The molecule has 28 heavy (non-hydrogen) atoms. The summed E-state index contributed by atoms with van der Waals surface area (Å²) in [6.07, 6.45) is 2.06. The molecule has 0 aromatic heterocycles. The average molecular weight is 401 g/mol.